The summed E-state index contributed by atoms with van der Waals surface area (Å²) in [7, 11) is 0. The second kappa shape index (κ2) is 7.14. The fourth-order valence-electron chi connectivity index (χ4n) is 1.68. The van der Waals surface area contributed by atoms with E-state index in [9.17, 15) is 13.2 Å². The van der Waals surface area contributed by atoms with Gasteiger partial charge in [-0.15, -0.1) is 0 Å². The van der Waals surface area contributed by atoms with Crippen molar-refractivity contribution in [1.29, 1.82) is 0 Å². The predicted octanol–water partition coefficient (Wildman–Crippen LogP) is 4.45. The first-order valence-corrected chi connectivity index (χ1v) is 6.85. The molecule has 0 amide bonds. The minimum atomic E-state index is -4.19. The molecule has 1 atom stereocenters. The van der Waals surface area contributed by atoms with Crippen molar-refractivity contribution in [3.8, 4) is 5.75 Å². The van der Waals surface area contributed by atoms with Crippen molar-refractivity contribution in [3.63, 3.8) is 0 Å². The molecular formula is C13H17BrF3NO. The average molecular weight is 340 g/mol. The third-order valence-electron chi connectivity index (χ3n) is 2.60. The molecule has 0 radical (unpaired) electrons. The SMILES string of the molecule is CCNC(C)c1ccc(Br)cc1OCCC(F)(F)F. The largest absolute Gasteiger partial charge is 0.493 e. The average Bonchev–Trinajstić information content (AvgIpc) is 2.27. The van der Waals surface area contributed by atoms with E-state index in [1.54, 1.807) is 6.07 Å². The standard InChI is InChI=1S/C13H17BrF3NO/c1-3-18-9(2)11-5-4-10(14)8-12(11)19-7-6-13(15,16)17/h4-5,8-9,18H,3,6-7H2,1-2H3. The lowest BCUT2D eigenvalue weighted by Crippen LogP contribution is -2.19. The molecule has 0 saturated heterocycles. The number of nitrogens with one attached hydrogen (secondary N) is 1. The first kappa shape index (κ1) is 16.3. The highest BCUT2D eigenvalue weighted by Crippen LogP contribution is 2.29. The molecule has 1 rings (SSSR count). The summed E-state index contributed by atoms with van der Waals surface area (Å²) in [6.07, 6.45) is -5.14. The van der Waals surface area contributed by atoms with E-state index in [2.05, 4.69) is 21.2 Å². The van der Waals surface area contributed by atoms with Crippen LogP contribution in [0.15, 0.2) is 22.7 Å². The van der Waals surface area contributed by atoms with Crippen LogP contribution >= 0.6 is 15.9 Å². The number of ether oxygens (including phenoxy) is 1. The molecule has 0 aliphatic carbocycles. The summed E-state index contributed by atoms with van der Waals surface area (Å²) in [6.45, 7) is 4.33. The summed E-state index contributed by atoms with van der Waals surface area (Å²) in [5, 5.41) is 3.21. The molecule has 2 nitrogen and oxygen atoms in total. The monoisotopic (exact) mass is 339 g/mol. The Morgan fingerprint density at radius 1 is 1.37 bits per heavy atom. The van der Waals surface area contributed by atoms with E-state index >= 15 is 0 Å². The van der Waals surface area contributed by atoms with Gasteiger partial charge in [0.05, 0.1) is 13.0 Å². The second-order valence-electron chi connectivity index (χ2n) is 4.18. The highest BCUT2D eigenvalue weighted by molar-refractivity contribution is 9.10. The van der Waals surface area contributed by atoms with Crippen LogP contribution in [0.3, 0.4) is 0 Å². The maximum atomic E-state index is 12.1. The fourth-order valence-corrected chi connectivity index (χ4v) is 2.02. The van der Waals surface area contributed by atoms with Gasteiger partial charge >= 0.3 is 6.18 Å². The third kappa shape index (κ3) is 5.82. The fraction of sp³-hybridized carbons (Fsp3) is 0.538. The Morgan fingerprint density at radius 2 is 2.05 bits per heavy atom. The Bertz CT molecular complexity index is 409. The van der Waals surface area contributed by atoms with Gasteiger partial charge in [0, 0.05) is 16.1 Å². The number of alkyl halides is 3. The van der Waals surface area contributed by atoms with Crippen LogP contribution in [-0.4, -0.2) is 19.3 Å². The van der Waals surface area contributed by atoms with Crippen LogP contribution in [0.5, 0.6) is 5.75 Å². The smallest absolute Gasteiger partial charge is 0.392 e. The molecule has 0 aliphatic heterocycles. The molecule has 0 spiro atoms. The van der Waals surface area contributed by atoms with Gasteiger partial charge < -0.3 is 10.1 Å². The Labute approximate surface area is 119 Å². The lowest BCUT2D eigenvalue weighted by atomic mass is 10.1. The van der Waals surface area contributed by atoms with Crippen molar-refractivity contribution < 1.29 is 17.9 Å². The molecule has 6 heteroatoms. The Hall–Kier alpha value is -0.750. The van der Waals surface area contributed by atoms with E-state index in [1.165, 1.54) is 0 Å². The van der Waals surface area contributed by atoms with Crippen LogP contribution in [0.2, 0.25) is 0 Å². The third-order valence-corrected chi connectivity index (χ3v) is 3.09. The van der Waals surface area contributed by atoms with Crippen molar-refractivity contribution in [2.75, 3.05) is 13.2 Å². The van der Waals surface area contributed by atoms with Gasteiger partial charge in [0.25, 0.3) is 0 Å². The first-order valence-electron chi connectivity index (χ1n) is 6.06. The normalized spacial score (nSPS) is 13.4. The van der Waals surface area contributed by atoms with Crippen molar-refractivity contribution >= 4 is 15.9 Å². The van der Waals surface area contributed by atoms with Crippen LogP contribution in [0.1, 0.15) is 31.9 Å². The lowest BCUT2D eigenvalue weighted by molar-refractivity contribution is -0.139. The Balaban J connectivity index is 2.77. The topological polar surface area (TPSA) is 21.3 Å². The summed E-state index contributed by atoms with van der Waals surface area (Å²) >= 11 is 3.29. The van der Waals surface area contributed by atoms with E-state index in [4.69, 9.17) is 4.74 Å². The van der Waals surface area contributed by atoms with Crippen LogP contribution < -0.4 is 10.1 Å². The highest BCUT2D eigenvalue weighted by Gasteiger charge is 2.27. The maximum absolute atomic E-state index is 12.1. The van der Waals surface area contributed by atoms with Gasteiger partial charge in [-0.05, 0) is 25.6 Å². The molecule has 0 fully saturated rings. The summed E-state index contributed by atoms with van der Waals surface area (Å²) in [6, 6.07) is 5.42. The van der Waals surface area contributed by atoms with E-state index in [1.807, 2.05) is 26.0 Å². The molecule has 1 aromatic rings. The molecule has 1 unspecified atom stereocenters. The van der Waals surface area contributed by atoms with E-state index in [0.29, 0.717) is 5.75 Å². The number of benzene rings is 1. The molecule has 1 aromatic carbocycles. The van der Waals surface area contributed by atoms with Gasteiger partial charge in [0.1, 0.15) is 5.75 Å². The summed E-state index contributed by atoms with van der Waals surface area (Å²) < 4.78 is 42.4. The predicted molar refractivity (Wildman–Crippen MR) is 72.4 cm³/mol. The molecule has 0 bridgehead atoms. The molecule has 108 valence electrons. The zero-order chi connectivity index (χ0) is 14.5. The van der Waals surface area contributed by atoms with E-state index in [-0.39, 0.29) is 12.6 Å². The van der Waals surface area contributed by atoms with Crippen LogP contribution in [0, 0.1) is 0 Å². The van der Waals surface area contributed by atoms with Gasteiger partial charge in [-0.1, -0.05) is 28.9 Å². The summed E-state index contributed by atoms with van der Waals surface area (Å²) in [5.41, 5.74) is 0.854. The maximum Gasteiger partial charge on any atom is 0.392 e. The van der Waals surface area contributed by atoms with E-state index in [0.717, 1.165) is 16.6 Å². The first-order chi connectivity index (χ1) is 8.83. The van der Waals surface area contributed by atoms with Crippen molar-refractivity contribution in [2.45, 2.75) is 32.5 Å². The van der Waals surface area contributed by atoms with Gasteiger partial charge in [-0.3, -0.25) is 0 Å². The number of hydrogen-bond acceptors (Lipinski definition) is 2. The molecule has 0 heterocycles. The van der Waals surface area contributed by atoms with Crippen LogP contribution in [0.25, 0.3) is 0 Å². The lowest BCUT2D eigenvalue weighted by Gasteiger charge is -2.18. The molecule has 0 aromatic heterocycles. The highest BCUT2D eigenvalue weighted by atomic mass is 79.9. The van der Waals surface area contributed by atoms with E-state index < -0.39 is 12.6 Å². The van der Waals surface area contributed by atoms with Gasteiger partial charge in [0.2, 0.25) is 0 Å². The van der Waals surface area contributed by atoms with Gasteiger partial charge in [0.15, 0.2) is 0 Å². The second-order valence-corrected chi connectivity index (χ2v) is 5.09. The van der Waals surface area contributed by atoms with Crippen molar-refractivity contribution in [1.82, 2.24) is 5.32 Å². The Morgan fingerprint density at radius 3 is 2.63 bits per heavy atom. The minimum Gasteiger partial charge on any atom is -0.493 e. The number of halogens is 4. The van der Waals surface area contributed by atoms with Crippen molar-refractivity contribution in [3.05, 3.63) is 28.2 Å². The van der Waals surface area contributed by atoms with Crippen LogP contribution in [0.4, 0.5) is 13.2 Å². The zero-order valence-corrected chi connectivity index (χ0v) is 12.4. The minimum absolute atomic E-state index is 0.0268. The Kier molecular flexibility index (Phi) is 6.13. The number of hydrogen-bond donors (Lipinski definition) is 1. The molecule has 0 saturated carbocycles. The number of rotatable bonds is 6. The molecule has 19 heavy (non-hydrogen) atoms. The van der Waals surface area contributed by atoms with Gasteiger partial charge in [-0.2, -0.15) is 13.2 Å². The molecule has 1 N–H and O–H groups in total. The van der Waals surface area contributed by atoms with Crippen LogP contribution in [-0.2, 0) is 0 Å². The molecular weight excluding hydrogens is 323 g/mol. The summed E-state index contributed by atoms with van der Waals surface area (Å²) in [4.78, 5) is 0. The van der Waals surface area contributed by atoms with Crippen molar-refractivity contribution in [2.24, 2.45) is 0 Å². The quantitative estimate of drug-likeness (QED) is 0.826. The zero-order valence-electron chi connectivity index (χ0n) is 10.9. The molecule has 0 aliphatic rings. The van der Waals surface area contributed by atoms with Gasteiger partial charge in [-0.25, -0.2) is 0 Å². The summed E-state index contributed by atoms with van der Waals surface area (Å²) in [5.74, 6) is 0.479.